The van der Waals surface area contributed by atoms with Crippen LogP contribution < -0.4 is 5.32 Å². The summed E-state index contributed by atoms with van der Waals surface area (Å²) in [6.45, 7) is -0.308. The Morgan fingerprint density at radius 3 is 2.64 bits per heavy atom. The van der Waals surface area contributed by atoms with Crippen LogP contribution in [-0.4, -0.2) is 43.8 Å². The molecule has 0 atom stereocenters. The highest BCUT2D eigenvalue weighted by Crippen LogP contribution is 2.31. The van der Waals surface area contributed by atoms with E-state index in [9.17, 15) is 23.3 Å². The molecule has 1 aromatic carbocycles. The minimum Gasteiger partial charge on any atom is -0.454 e. The van der Waals surface area contributed by atoms with Crippen molar-refractivity contribution in [3.8, 4) is 0 Å². The van der Waals surface area contributed by atoms with Gasteiger partial charge in [0, 0.05) is 26.2 Å². The first-order valence-electron chi connectivity index (χ1n) is 8.42. The van der Waals surface area contributed by atoms with Gasteiger partial charge in [0.15, 0.2) is 0 Å². The Bertz CT molecular complexity index is 1010. The fraction of sp³-hybridized carbons (Fsp3) is 0.353. The van der Waals surface area contributed by atoms with E-state index in [2.05, 4.69) is 5.32 Å². The third-order valence-electron chi connectivity index (χ3n) is 4.08. The number of nitrogens with one attached hydrogen (secondary N) is 1. The molecule has 1 aromatic heterocycles. The minimum atomic E-state index is -3.73. The van der Waals surface area contributed by atoms with E-state index in [1.54, 1.807) is 0 Å². The fourth-order valence-corrected chi connectivity index (χ4v) is 3.17. The van der Waals surface area contributed by atoms with Crippen LogP contribution in [0.4, 0.5) is 11.4 Å². The molecule has 1 aliphatic rings. The van der Waals surface area contributed by atoms with Gasteiger partial charge in [0.2, 0.25) is 5.09 Å². The lowest BCUT2D eigenvalue weighted by Crippen LogP contribution is -2.21. The topological polar surface area (TPSA) is 132 Å². The molecule has 1 aliphatic carbocycles. The van der Waals surface area contributed by atoms with E-state index in [0.717, 1.165) is 23.2 Å². The quantitative estimate of drug-likeness (QED) is 0.399. The van der Waals surface area contributed by atoms with E-state index < -0.39 is 20.9 Å². The molecule has 0 unspecified atom stereocenters. The number of anilines is 1. The molecule has 0 spiro atoms. The number of ether oxygens (including phenoxy) is 1. The maximum absolute atomic E-state index is 12.2. The molecule has 11 heteroatoms. The first-order chi connectivity index (χ1) is 13.2. The summed E-state index contributed by atoms with van der Waals surface area (Å²) in [5.41, 5.74) is 0.160. The zero-order valence-electron chi connectivity index (χ0n) is 15.2. The van der Waals surface area contributed by atoms with E-state index in [-0.39, 0.29) is 34.8 Å². The lowest BCUT2D eigenvalue weighted by atomic mass is 10.1. The smallest absolute Gasteiger partial charge is 0.338 e. The summed E-state index contributed by atoms with van der Waals surface area (Å²) in [4.78, 5) is 22.9. The van der Waals surface area contributed by atoms with E-state index in [1.165, 1.54) is 38.4 Å². The molecule has 0 amide bonds. The molecule has 1 heterocycles. The number of nitrogens with zero attached hydrogens (tertiary/aromatic N) is 2. The first-order valence-corrected chi connectivity index (χ1v) is 9.86. The monoisotopic (exact) mass is 409 g/mol. The summed E-state index contributed by atoms with van der Waals surface area (Å²) in [7, 11) is -0.993. The number of furan rings is 1. The second-order valence-corrected chi connectivity index (χ2v) is 8.57. The number of nitro groups is 1. The van der Waals surface area contributed by atoms with Crippen LogP contribution in [0.25, 0.3) is 0 Å². The fourth-order valence-electron chi connectivity index (χ4n) is 2.35. The van der Waals surface area contributed by atoms with Crippen molar-refractivity contribution in [2.75, 3.05) is 19.4 Å². The number of esters is 1. The molecule has 0 bridgehead atoms. The number of hydrogen-bond acceptors (Lipinski definition) is 8. The highest BCUT2D eigenvalue weighted by atomic mass is 32.2. The molecule has 0 aliphatic heterocycles. The third-order valence-corrected chi connectivity index (χ3v) is 5.77. The SMILES string of the molecule is CN(C)S(=O)(=O)c1ccc(COC(=O)c2ccc(NC3CC3)c([N+](=O)[O-])c2)o1. The molecule has 2 aromatic rings. The molecular formula is C17H19N3O7S. The van der Waals surface area contributed by atoms with Gasteiger partial charge < -0.3 is 14.5 Å². The van der Waals surface area contributed by atoms with Crippen LogP contribution in [0.15, 0.2) is 39.8 Å². The van der Waals surface area contributed by atoms with Gasteiger partial charge in [-0.05, 0) is 37.1 Å². The summed E-state index contributed by atoms with van der Waals surface area (Å²) in [6, 6.07) is 6.93. The van der Waals surface area contributed by atoms with E-state index in [1.807, 2.05) is 0 Å². The van der Waals surface area contributed by atoms with Gasteiger partial charge in [-0.25, -0.2) is 17.5 Å². The number of nitro benzene ring substituents is 1. The van der Waals surface area contributed by atoms with Crippen molar-refractivity contribution in [2.24, 2.45) is 0 Å². The predicted octanol–water partition coefficient (Wildman–Crippen LogP) is 2.37. The largest absolute Gasteiger partial charge is 0.454 e. The van der Waals surface area contributed by atoms with Gasteiger partial charge in [-0.2, -0.15) is 0 Å². The Morgan fingerprint density at radius 1 is 1.32 bits per heavy atom. The minimum absolute atomic E-state index is 0.0146. The van der Waals surface area contributed by atoms with E-state index in [4.69, 9.17) is 9.15 Å². The summed E-state index contributed by atoms with van der Waals surface area (Å²) in [5.74, 6) is -0.648. The summed E-state index contributed by atoms with van der Waals surface area (Å²) in [5, 5.41) is 14.0. The Morgan fingerprint density at radius 2 is 2.04 bits per heavy atom. The lowest BCUT2D eigenvalue weighted by Gasteiger charge is -2.08. The Labute approximate surface area is 161 Å². The normalized spacial score (nSPS) is 14.1. The zero-order chi connectivity index (χ0) is 20.5. The van der Waals surface area contributed by atoms with Crippen LogP contribution in [0.3, 0.4) is 0 Å². The Balaban J connectivity index is 1.69. The molecule has 1 saturated carbocycles. The lowest BCUT2D eigenvalue weighted by molar-refractivity contribution is -0.384. The second kappa shape index (κ2) is 7.60. The molecular weight excluding hydrogens is 390 g/mol. The van der Waals surface area contributed by atoms with Gasteiger partial charge in [-0.15, -0.1) is 0 Å². The molecule has 10 nitrogen and oxygen atoms in total. The van der Waals surface area contributed by atoms with Crippen molar-refractivity contribution >= 4 is 27.4 Å². The molecule has 1 N–H and O–H groups in total. The summed E-state index contributed by atoms with van der Waals surface area (Å²) < 4.78 is 35.2. The molecule has 0 radical (unpaired) electrons. The van der Waals surface area contributed by atoms with Crippen LogP contribution in [0.5, 0.6) is 0 Å². The van der Waals surface area contributed by atoms with Crippen LogP contribution in [0.2, 0.25) is 0 Å². The van der Waals surface area contributed by atoms with Crippen molar-refractivity contribution in [3.05, 3.63) is 51.8 Å². The van der Waals surface area contributed by atoms with Crippen molar-refractivity contribution < 1.29 is 27.3 Å². The van der Waals surface area contributed by atoms with Crippen molar-refractivity contribution in [1.29, 1.82) is 0 Å². The number of rotatable bonds is 8. The van der Waals surface area contributed by atoms with Crippen LogP contribution >= 0.6 is 0 Å². The Kier molecular flexibility index (Phi) is 5.38. The van der Waals surface area contributed by atoms with Gasteiger partial charge in [-0.3, -0.25) is 10.1 Å². The average molecular weight is 409 g/mol. The van der Waals surface area contributed by atoms with Crippen molar-refractivity contribution in [2.45, 2.75) is 30.6 Å². The van der Waals surface area contributed by atoms with Gasteiger partial charge in [0.25, 0.3) is 15.7 Å². The standard InChI is InChI=1S/C17H19N3O7S/c1-19(2)28(24,25)16-8-6-13(27-16)10-26-17(21)11-3-7-14(18-12-4-5-12)15(9-11)20(22)23/h3,6-9,12,18H,4-5,10H2,1-2H3. The van der Waals surface area contributed by atoms with Crippen LogP contribution in [0, 0.1) is 10.1 Å². The number of carbonyl (C=O) groups is 1. The highest BCUT2D eigenvalue weighted by molar-refractivity contribution is 7.88. The highest BCUT2D eigenvalue weighted by Gasteiger charge is 2.26. The maximum Gasteiger partial charge on any atom is 0.338 e. The third kappa shape index (κ3) is 4.31. The summed E-state index contributed by atoms with van der Waals surface area (Å²) in [6.07, 6.45) is 1.91. The number of carbonyl (C=O) groups excluding carboxylic acids is 1. The van der Waals surface area contributed by atoms with E-state index >= 15 is 0 Å². The number of sulfonamides is 1. The maximum atomic E-state index is 12.2. The first kappa shape index (κ1) is 19.8. The number of benzene rings is 1. The van der Waals surface area contributed by atoms with Gasteiger partial charge >= 0.3 is 5.97 Å². The molecule has 0 saturated heterocycles. The van der Waals surface area contributed by atoms with Crippen LogP contribution in [-0.2, 0) is 21.4 Å². The molecule has 3 rings (SSSR count). The molecule has 150 valence electrons. The van der Waals surface area contributed by atoms with Crippen molar-refractivity contribution in [1.82, 2.24) is 4.31 Å². The number of hydrogen-bond donors (Lipinski definition) is 1. The zero-order valence-corrected chi connectivity index (χ0v) is 16.1. The average Bonchev–Trinajstić information content (AvgIpc) is 3.32. The van der Waals surface area contributed by atoms with Gasteiger partial charge in [0.05, 0.1) is 10.5 Å². The second-order valence-electron chi connectivity index (χ2n) is 6.49. The van der Waals surface area contributed by atoms with Crippen molar-refractivity contribution in [3.63, 3.8) is 0 Å². The summed E-state index contributed by atoms with van der Waals surface area (Å²) >= 11 is 0. The molecule has 1 fully saturated rings. The van der Waals surface area contributed by atoms with Gasteiger partial charge in [0.1, 0.15) is 18.1 Å². The Hall–Kier alpha value is -2.92. The predicted molar refractivity (Wildman–Crippen MR) is 98.4 cm³/mol. The van der Waals surface area contributed by atoms with Crippen LogP contribution in [0.1, 0.15) is 29.0 Å². The molecule has 28 heavy (non-hydrogen) atoms. The van der Waals surface area contributed by atoms with E-state index in [0.29, 0.717) is 5.69 Å². The van der Waals surface area contributed by atoms with Gasteiger partial charge in [-0.1, -0.05) is 0 Å².